The highest BCUT2D eigenvalue weighted by Crippen LogP contribution is 2.57. The molecule has 1 saturated heterocycles. The number of fused-ring (bicyclic) bond motifs is 5. The second-order valence-corrected chi connectivity index (χ2v) is 4.74. The minimum Gasteiger partial charge on any atom is -0.392 e. The SMILES string of the molecule is CN1BC2C3CCC(C3)C2C1=O. The third-order valence-corrected chi connectivity index (χ3v) is 4.23. The molecule has 1 amide bonds. The number of hydrogen-bond acceptors (Lipinski definition) is 1. The second-order valence-electron chi connectivity index (χ2n) is 4.74. The summed E-state index contributed by atoms with van der Waals surface area (Å²) in [6, 6.07) is 0. The van der Waals surface area contributed by atoms with Gasteiger partial charge in [0.25, 0.3) is 0 Å². The van der Waals surface area contributed by atoms with Crippen LogP contribution in [0.1, 0.15) is 19.3 Å². The first-order valence-electron chi connectivity index (χ1n) is 5.02. The Bertz CT molecular complexity index is 243. The van der Waals surface area contributed by atoms with Crippen molar-refractivity contribution in [3.8, 4) is 0 Å². The Morgan fingerprint density at radius 1 is 1.42 bits per heavy atom. The lowest BCUT2D eigenvalue weighted by atomic mass is 9.65. The van der Waals surface area contributed by atoms with E-state index < -0.39 is 0 Å². The Morgan fingerprint density at radius 3 is 2.92 bits per heavy atom. The molecule has 4 unspecified atom stereocenters. The Morgan fingerprint density at radius 2 is 2.17 bits per heavy atom. The number of hydrogen-bond donors (Lipinski definition) is 0. The molecule has 1 aliphatic heterocycles. The van der Waals surface area contributed by atoms with Crippen LogP contribution < -0.4 is 0 Å². The van der Waals surface area contributed by atoms with Gasteiger partial charge in [0.15, 0.2) is 0 Å². The predicted octanol–water partition coefficient (Wildman–Crippen LogP) is 0.644. The van der Waals surface area contributed by atoms with Gasteiger partial charge in [-0.2, -0.15) is 0 Å². The van der Waals surface area contributed by atoms with E-state index in [1.807, 2.05) is 11.9 Å². The third-order valence-electron chi connectivity index (χ3n) is 4.23. The van der Waals surface area contributed by atoms with Crippen molar-refractivity contribution in [2.24, 2.45) is 17.8 Å². The minimum absolute atomic E-state index is 0.437. The average molecular weight is 163 g/mol. The zero-order chi connectivity index (χ0) is 8.29. The number of amides is 1. The molecule has 64 valence electrons. The van der Waals surface area contributed by atoms with Gasteiger partial charge in [0.1, 0.15) is 0 Å². The molecule has 3 rings (SSSR count). The summed E-state index contributed by atoms with van der Waals surface area (Å²) in [6.45, 7) is 0. The quantitative estimate of drug-likeness (QED) is 0.480. The van der Waals surface area contributed by atoms with E-state index in [1.54, 1.807) is 0 Å². The second kappa shape index (κ2) is 2.07. The van der Waals surface area contributed by atoms with Crippen LogP contribution in [0.15, 0.2) is 0 Å². The zero-order valence-corrected chi connectivity index (χ0v) is 7.49. The Kier molecular flexibility index (Phi) is 1.20. The number of nitrogens with zero attached hydrogens (tertiary/aromatic N) is 1. The highest BCUT2D eigenvalue weighted by atomic mass is 16.2. The average Bonchev–Trinajstić information content (AvgIpc) is 2.66. The summed E-state index contributed by atoms with van der Waals surface area (Å²) in [4.78, 5) is 13.6. The molecule has 0 aromatic carbocycles. The molecule has 2 saturated carbocycles. The highest BCUT2D eigenvalue weighted by molar-refractivity contribution is 6.43. The van der Waals surface area contributed by atoms with Crippen molar-refractivity contribution >= 4 is 13.3 Å². The first-order chi connectivity index (χ1) is 5.77. The van der Waals surface area contributed by atoms with E-state index in [2.05, 4.69) is 0 Å². The maximum atomic E-state index is 11.7. The summed E-state index contributed by atoms with van der Waals surface area (Å²) < 4.78 is 0. The van der Waals surface area contributed by atoms with E-state index in [0.29, 0.717) is 11.8 Å². The van der Waals surface area contributed by atoms with Crippen LogP contribution in [0, 0.1) is 17.8 Å². The number of carbonyl (C=O) groups excluding carboxylic acids is 1. The normalized spacial score (nSPS) is 49.8. The van der Waals surface area contributed by atoms with Crippen molar-refractivity contribution in [3.05, 3.63) is 0 Å². The standard InChI is InChI=1S/C9H14BNO/c1-11-9(12)7-5-2-3-6(4-5)8(7)10-11/h5-8,10H,2-4H2,1H3. The Balaban J connectivity index is 1.95. The van der Waals surface area contributed by atoms with Crippen LogP contribution in [0.25, 0.3) is 0 Å². The van der Waals surface area contributed by atoms with Crippen LogP contribution in [-0.2, 0) is 4.79 Å². The molecular formula is C9H14BNO. The Hall–Kier alpha value is -0.465. The van der Waals surface area contributed by atoms with Crippen LogP contribution >= 0.6 is 0 Å². The van der Waals surface area contributed by atoms with Gasteiger partial charge in [0.05, 0.1) is 0 Å². The number of rotatable bonds is 0. The topological polar surface area (TPSA) is 20.3 Å². The summed E-state index contributed by atoms with van der Waals surface area (Å²) in [5, 5.41) is 0. The van der Waals surface area contributed by atoms with Gasteiger partial charge in [-0.3, -0.25) is 4.79 Å². The van der Waals surface area contributed by atoms with Gasteiger partial charge >= 0.3 is 0 Å². The van der Waals surface area contributed by atoms with Gasteiger partial charge in [-0.1, -0.05) is 6.42 Å². The van der Waals surface area contributed by atoms with Crippen molar-refractivity contribution in [1.29, 1.82) is 0 Å². The van der Waals surface area contributed by atoms with Crippen molar-refractivity contribution in [1.82, 2.24) is 4.81 Å². The molecule has 1 heterocycles. The van der Waals surface area contributed by atoms with Crippen molar-refractivity contribution in [2.45, 2.75) is 25.1 Å². The van der Waals surface area contributed by atoms with Crippen molar-refractivity contribution < 1.29 is 4.79 Å². The van der Waals surface area contributed by atoms with Crippen LogP contribution in [0.4, 0.5) is 0 Å². The van der Waals surface area contributed by atoms with Gasteiger partial charge in [0, 0.05) is 5.92 Å². The fraction of sp³-hybridized carbons (Fsp3) is 0.889. The molecule has 12 heavy (non-hydrogen) atoms. The Labute approximate surface area is 73.6 Å². The molecule has 3 fully saturated rings. The molecule has 0 spiro atoms. The van der Waals surface area contributed by atoms with E-state index in [4.69, 9.17) is 0 Å². The fourth-order valence-corrected chi connectivity index (χ4v) is 3.72. The molecular weight excluding hydrogens is 149 g/mol. The largest absolute Gasteiger partial charge is 0.392 e. The fourth-order valence-electron chi connectivity index (χ4n) is 3.72. The molecule has 2 nitrogen and oxygen atoms in total. The van der Waals surface area contributed by atoms with Gasteiger partial charge in [0.2, 0.25) is 13.3 Å². The smallest absolute Gasteiger partial charge is 0.243 e. The van der Waals surface area contributed by atoms with Crippen LogP contribution in [0.2, 0.25) is 5.82 Å². The molecule has 0 N–H and O–H groups in total. The molecule has 4 atom stereocenters. The lowest BCUT2D eigenvalue weighted by Gasteiger charge is -2.20. The molecule has 3 aliphatic rings. The van der Waals surface area contributed by atoms with Crippen LogP contribution in [-0.4, -0.2) is 25.2 Å². The van der Waals surface area contributed by atoms with E-state index in [-0.39, 0.29) is 0 Å². The molecule has 0 aromatic rings. The first-order valence-corrected chi connectivity index (χ1v) is 5.02. The lowest BCUT2D eigenvalue weighted by molar-refractivity contribution is -0.129. The van der Waals surface area contributed by atoms with Crippen LogP contribution in [0.3, 0.4) is 0 Å². The van der Waals surface area contributed by atoms with E-state index in [0.717, 1.165) is 25.1 Å². The number of carbonyl (C=O) groups is 1. The maximum Gasteiger partial charge on any atom is 0.243 e. The van der Waals surface area contributed by atoms with Gasteiger partial charge in [-0.15, -0.1) is 0 Å². The van der Waals surface area contributed by atoms with Crippen LogP contribution in [0.5, 0.6) is 0 Å². The maximum absolute atomic E-state index is 11.7. The summed E-state index contributed by atoms with van der Waals surface area (Å²) >= 11 is 0. The van der Waals surface area contributed by atoms with E-state index >= 15 is 0 Å². The summed E-state index contributed by atoms with van der Waals surface area (Å²) in [7, 11) is 3.00. The summed E-state index contributed by atoms with van der Waals surface area (Å²) in [5.74, 6) is 3.27. The van der Waals surface area contributed by atoms with Crippen molar-refractivity contribution in [2.75, 3.05) is 7.05 Å². The van der Waals surface area contributed by atoms with Gasteiger partial charge in [-0.05, 0) is 37.5 Å². The summed E-state index contributed by atoms with van der Waals surface area (Å²) in [6.07, 6.45) is 4.08. The summed E-state index contributed by atoms with van der Waals surface area (Å²) in [5.41, 5.74) is 0. The molecule has 2 aliphatic carbocycles. The van der Waals surface area contributed by atoms with Gasteiger partial charge < -0.3 is 4.81 Å². The highest BCUT2D eigenvalue weighted by Gasteiger charge is 2.55. The van der Waals surface area contributed by atoms with Gasteiger partial charge in [-0.25, -0.2) is 0 Å². The van der Waals surface area contributed by atoms with E-state index in [1.165, 1.54) is 19.3 Å². The first kappa shape index (κ1) is 6.99. The van der Waals surface area contributed by atoms with E-state index in [9.17, 15) is 4.79 Å². The predicted molar refractivity (Wildman–Crippen MR) is 48.0 cm³/mol. The molecule has 3 heteroatoms. The minimum atomic E-state index is 0.437. The monoisotopic (exact) mass is 163 g/mol. The molecule has 2 bridgehead atoms. The lowest BCUT2D eigenvalue weighted by Crippen LogP contribution is -2.26. The molecule has 0 aromatic heterocycles. The molecule has 0 radical (unpaired) electrons. The van der Waals surface area contributed by atoms with Crippen molar-refractivity contribution in [3.63, 3.8) is 0 Å². The zero-order valence-electron chi connectivity index (χ0n) is 7.49. The third kappa shape index (κ3) is 0.656.